The Morgan fingerprint density at radius 3 is 1.90 bits per heavy atom. The van der Waals surface area contributed by atoms with Crippen molar-refractivity contribution >= 4 is 19.4 Å². The number of rotatable bonds is 17. The van der Waals surface area contributed by atoms with Gasteiger partial charge >= 0.3 is 7.60 Å². The second-order valence-corrected chi connectivity index (χ2v) is 14.1. The molecule has 50 heavy (non-hydrogen) atoms. The number of aliphatic hydroxyl groups is 3. The fraction of sp³-hybridized carbons (Fsp3) is 0.576. The Morgan fingerprint density at radius 2 is 1.36 bits per heavy atom. The van der Waals surface area contributed by atoms with Crippen LogP contribution in [0.25, 0.3) is 0 Å². The van der Waals surface area contributed by atoms with E-state index in [1.807, 2.05) is 60.7 Å². The Bertz CT molecular complexity index is 1390. The molecule has 2 saturated heterocycles. The van der Waals surface area contributed by atoms with Crippen molar-refractivity contribution in [2.75, 3.05) is 32.5 Å². The van der Waals surface area contributed by atoms with Gasteiger partial charge in [0.25, 0.3) is 0 Å². The van der Waals surface area contributed by atoms with Gasteiger partial charge in [-0.1, -0.05) is 60.7 Å². The van der Waals surface area contributed by atoms with Gasteiger partial charge in [0.2, 0.25) is 11.8 Å². The molecule has 0 radical (unpaired) electrons. The molecule has 2 aromatic carbocycles. The molecule has 11 atom stereocenters. The molecule has 2 heterocycles. The number of aliphatic hydroxyl groups excluding tert-OH is 3. The van der Waals surface area contributed by atoms with E-state index >= 15 is 0 Å². The van der Waals surface area contributed by atoms with Crippen LogP contribution in [-0.2, 0) is 55.6 Å². The largest absolute Gasteiger partial charge is 0.394 e. The van der Waals surface area contributed by atoms with E-state index in [2.05, 4.69) is 10.6 Å². The number of carbonyl (C=O) groups is 2. The smallest absolute Gasteiger partial charge is 0.330 e. The summed E-state index contributed by atoms with van der Waals surface area (Å²) in [6.07, 6.45) is -10.6. The third kappa shape index (κ3) is 11.3. The summed E-state index contributed by atoms with van der Waals surface area (Å²) < 4.78 is 49.8. The van der Waals surface area contributed by atoms with Crippen molar-refractivity contribution in [2.45, 2.75) is 88.2 Å². The van der Waals surface area contributed by atoms with Crippen LogP contribution >= 0.6 is 7.60 Å². The molecule has 2 aliphatic rings. The molecule has 0 aliphatic carbocycles. The van der Waals surface area contributed by atoms with Gasteiger partial charge in [-0.15, -0.1) is 0 Å². The third-order valence-corrected chi connectivity index (χ3v) is 9.61. The van der Waals surface area contributed by atoms with Crippen LogP contribution in [0.2, 0.25) is 0 Å². The summed E-state index contributed by atoms with van der Waals surface area (Å²) in [6.45, 7) is 1.68. The van der Waals surface area contributed by atoms with Crippen LogP contribution in [0.15, 0.2) is 60.7 Å². The van der Waals surface area contributed by atoms with Crippen LogP contribution in [0, 0.1) is 0 Å². The Morgan fingerprint density at radius 1 is 0.800 bits per heavy atom. The van der Waals surface area contributed by atoms with E-state index in [1.165, 1.54) is 13.8 Å². The zero-order valence-electron chi connectivity index (χ0n) is 28.0. The summed E-state index contributed by atoms with van der Waals surface area (Å²) in [5.41, 5.74) is 7.37. The summed E-state index contributed by atoms with van der Waals surface area (Å²) in [4.78, 5) is 35.3. The van der Waals surface area contributed by atoms with Crippen LogP contribution in [-0.4, -0.2) is 126 Å². The van der Waals surface area contributed by atoms with Gasteiger partial charge < -0.3 is 64.8 Å². The van der Waals surface area contributed by atoms with Crippen LogP contribution in [0.1, 0.15) is 25.0 Å². The lowest BCUT2D eigenvalue weighted by atomic mass is 9.93. The Hall–Kier alpha value is -2.83. The molecule has 2 aromatic rings. The van der Waals surface area contributed by atoms with Gasteiger partial charge in [0, 0.05) is 20.4 Å². The molecular formula is C33H48N3O13P. The van der Waals surface area contributed by atoms with E-state index in [9.17, 15) is 34.4 Å². The van der Waals surface area contributed by atoms with E-state index in [-0.39, 0.29) is 32.3 Å². The number of benzene rings is 2. The monoisotopic (exact) mass is 725 g/mol. The van der Waals surface area contributed by atoms with Crippen molar-refractivity contribution < 1.29 is 62.6 Å². The van der Waals surface area contributed by atoms with E-state index in [4.69, 9.17) is 33.9 Å². The molecule has 2 fully saturated rings. The first-order valence-corrected chi connectivity index (χ1v) is 18.1. The number of amides is 2. The number of carbonyl (C=O) groups excluding carboxylic acids is 2. The van der Waals surface area contributed by atoms with Gasteiger partial charge in [0.1, 0.15) is 42.7 Å². The summed E-state index contributed by atoms with van der Waals surface area (Å²) in [6, 6.07) is 16.4. The quantitative estimate of drug-likeness (QED) is 0.102. The van der Waals surface area contributed by atoms with Gasteiger partial charge in [-0.05, 0) is 11.1 Å². The maximum absolute atomic E-state index is 13.6. The number of nitrogens with two attached hydrogens (primary N) is 1. The first-order chi connectivity index (χ1) is 23.9. The fourth-order valence-electron chi connectivity index (χ4n) is 5.92. The van der Waals surface area contributed by atoms with E-state index < -0.39 is 94.0 Å². The minimum absolute atomic E-state index is 0.0531. The summed E-state index contributed by atoms with van der Waals surface area (Å²) in [5.74, 6) is -0.974. The summed E-state index contributed by atoms with van der Waals surface area (Å²) in [5, 5.41) is 35.9. The van der Waals surface area contributed by atoms with E-state index in [0.29, 0.717) is 0 Å². The SMILES string of the molecule is CC(=O)NC1[C@@H](O)[C@H](O)C(CO)O[C@@H]1CP(=O)(O)OCC1O[C@H](OCCN)C(NC(C)=O)[C@H](OCc2ccccc2)[C@@H]1OCc1ccccc1. The minimum atomic E-state index is -4.61. The Balaban J connectivity index is 1.61. The summed E-state index contributed by atoms with van der Waals surface area (Å²) in [7, 11) is -4.61. The second-order valence-electron chi connectivity index (χ2n) is 12.2. The molecule has 8 N–H and O–H groups in total. The second kappa shape index (κ2) is 19.1. The molecule has 5 unspecified atom stereocenters. The zero-order chi connectivity index (χ0) is 36.3. The zero-order valence-corrected chi connectivity index (χ0v) is 28.9. The average molecular weight is 726 g/mol. The predicted octanol–water partition coefficient (Wildman–Crippen LogP) is -0.450. The van der Waals surface area contributed by atoms with Crippen molar-refractivity contribution in [3.05, 3.63) is 71.8 Å². The molecule has 17 heteroatoms. The first-order valence-electron chi connectivity index (χ1n) is 16.3. The molecule has 0 spiro atoms. The van der Waals surface area contributed by atoms with E-state index in [1.54, 1.807) is 0 Å². The van der Waals surface area contributed by atoms with Crippen molar-refractivity contribution in [1.82, 2.24) is 10.6 Å². The van der Waals surface area contributed by atoms with E-state index in [0.717, 1.165) is 11.1 Å². The predicted molar refractivity (Wildman–Crippen MR) is 177 cm³/mol. The van der Waals surface area contributed by atoms with Gasteiger partial charge in [-0.3, -0.25) is 14.2 Å². The summed E-state index contributed by atoms with van der Waals surface area (Å²) >= 11 is 0. The number of nitrogens with one attached hydrogen (secondary N) is 2. The number of hydrogen-bond donors (Lipinski definition) is 7. The highest BCUT2D eigenvalue weighted by Gasteiger charge is 2.50. The van der Waals surface area contributed by atoms with Gasteiger partial charge in [-0.2, -0.15) is 0 Å². The van der Waals surface area contributed by atoms with Crippen molar-refractivity contribution in [2.24, 2.45) is 5.73 Å². The van der Waals surface area contributed by atoms with Crippen molar-refractivity contribution in [3.63, 3.8) is 0 Å². The Kier molecular flexibility index (Phi) is 15.3. The van der Waals surface area contributed by atoms with Crippen LogP contribution < -0.4 is 16.4 Å². The van der Waals surface area contributed by atoms with Crippen LogP contribution in [0.3, 0.4) is 0 Å². The average Bonchev–Trinajstić information content (AvgIpc) is 3.09. The topological polar surface area (TPSA) is 238 Å². The Labute approximate surface area is 290 Å². The van der Waals surface area contributed by atoms with Gasteiger partial charge in [0.05, 0.1) is 51.3 Å². The maximum Gasteiger partial charge on any atom is 0.330 e. The highest BCUT2D eigenvalue weighted by molar-refractivity contribution is 7.52. The molecule has 4 rings (SSSR count). The number of ether oxygens (including phenoxy) is 5. The molecule has 0 bridgehead atoms. The molecule has 16 nitrogen and oxygen atoms in total. The highest BCUT2D eigenvalue weighted by atomic mass is 31.2. The number of hydrogen-bond acceptors (Lipinski definition) is 13. The normalized spacial score (nSPS) is 31.0. The lowest BCUT2D eigenvalue weighted by Gasteiger charge is -2.46. The lowest BCUT2D eigenvalue weighted by Crippen LogP contribution is -2.66. The molecular weight excluding hydrogens is 677 g/mol. The van der Waals surface area contributed by atoms with Gasteiger partial charge in [-0.25, -0.2) is 0 Å². The van der Waals surface area contributed by atoms with Gasteiger partial charge in [0.15, 0.2) is 6.29 Å². The molecule has 0 aromatic heterocycles. The molecule has 278 valence electrons. The molecule has 2 amide bonds. The maximum atomic E-state index is 13.6. The highest BCUT2D eigenvalue weighted by Crippen LogP contribution is 2.45. The van der Waals surface area contributed by atoms with Crippen molar-refractivity contribution in [3.8, 4) is 0 Å². The molecule has 0 saturated carbocycles. The molecule has 2 aliphatic heterocycles. The third-order valence-electron chi connectivity index (χ3n) is 8.24. The van der Waals surface area contributed by atoms with Crippen LogP contribution in [0.5, 0.6) is 0 Å². The van der Waals surface area contributed by atoms with Crippen LogP contribution in [0.4, 0.5) is 0 Å². The fourth-order valence-corrected chi connectivity index (χ4v) is 7.17. The minimum Gasteiger partial charge on any atom is -0.394 e. The lowest BCUT2D eigenvalue weighted by molar-refractivity contribution is -0.286. The first kappa shape index (κ1) is 39.9. The standard InChI is InChI=1S/C33H48N3O13P/c1-20(38)35-27-26(48-24(15-37)29(40)30(27)41)19-50(42,43)47-18-25-31(45-16-22-9-5-3-6-10-22)32(46-17-23-11-7-4-8-12-23)28(36-21(2)39)33(49-25)44-14-13-34/h3-12,24-33,37,40-41H,13-19,34H2,1-2H3,(H,35,38)(H,36,39)(H,42,43)/t24?,25?,26-,27?,28?,29-,30-,31-,32+,33+/m1/s1. The van der Waals surface area contributed by atoms with Crippen molar-refractivity contribution in [1.29, 1.82) is 0 Å².